The standard InChI is InChI=1S/C24H25F5N2O3S2/c1-16-20-4-2-3-5-21(20)35-22(16)31(36(32)33)15-18(30-12-10-23(25,26)11-13-30)14-17-6-8-19(9-7-17)34-24(27,28)29/h2-9,18H,10-15H2,1H3,(H,32,33)/p-1. The summed E-state index contributed by atoms with van der Waals surface area (Å²) in [4.78, 5) is 1.83. The molecule has 1 fully saturated rings. The zero-order chi connectivity index (χ0) is 26.1. The Morgan fingerprint density at radius 3 is 2.36 bits per heavy atom. The Morgan fingerprint density at radius 1 is 1.14 bits per heavy atom. The van der Waals surface area contributed by atoms with E-state index in [4.69, 9.17) is 0 Å². The zero-order valence-electron chi connectivity index (χ0n) is 19.3. The molecule has 1 saturated heterocycles. The largest absolute Gasteiger partial charge is 0.755 e. The summed E-state index contributed by atoms with van der Waals surface area (Å²) in [6.45, 7) is 2.01. The molecule has 1 aliphatic rings. The van der Waals surface area contributed by atoms with Crippen molar-refractivity contribution in [1.29, 1.82) is 0 Å². The number of piperidine rings is 1. The molecular formula is C24H24F5N2O3S2-. The predicted molar refractivity (Wildman–Crippen MR) is 129 cm³/mol. The molecule has 3 aromatic rings. The summed E-state index contributed by atoms with van der Waals surface area (Å²) < 4.78 is 95.9. The minimum atomic E-state index is -4.82. The molecule has 36 heavy (non-hydrogen) atoms. The second kappa shape index (κ2) is 10.6. The number of halogens is 5. The number of ether oxygens (including phenoxy) is 1. The van der Waals surface area contributed by atoms with Gasteiger partial charge in [-0.2, -0.15) is 0 Å². The highest BCUT2D eigenvalue weighted by molar-refractivity contribution is 7.81. The fourth-order valence-corrected chi connectivity index (χ4v) is 6.41. The molecule has 0 bridgehead atoms. The van der Waals surface area contributed by atoms with Gasteiger partial charge in [0.1, 0.15) is 10.8 Å². The van der Waals surface area contributed by atoms with Crippen LogP contribution >= 0.6 is 11.3 Å². The second-order valence-corrected chi connectivity index (χ2v) is 10.7. The van der Waals surface area contributed by atoms with Crippen molar-refractivity contribution in [1.82, 2.24) is 4.90 Å². The van der Waals surface area contributed by atoms with E-state index in [1.54, 1.807) is 0 Å². The summed E-state index contributed by atoms with van der Waals surface area (Å²) in [5.41, 5.74) is 1.44. The lowest BCUT2D eigenvalue weighted by Crippen LogP contribution is -2.50. The number of anilines is 1. The summed E-state index contributed by atoms with van der Waals surface area (Å²) in [5.74, 6) is -3.15. The fraction of sp³-hybridized carbons (Fsp3) is 0.417. The van der Waals surface area contributed by atoms with Gasteiger partial charge in [-0.15, -0.1) is 24.5 Å². The van der Waals surface area contributed by atoms with Gasteiger partial charge < -0.3 is 9.29 Å². The van der Waals surface area contributed by atoms with E-state index in [1.165, 1.54) is 39.9 Å². The topological polar surface area (TPSA) is 55.8 Å². The molecule has 0 aliphatic carbocycles. The van der Waals surface area contributed by atoms with Gasteiger partial charge in [-0.1, -0.05) is 30.3 Å². The van der Waals surface area contributed by atoms with Gasteiger partial charge in [-0.05, 0) is 48.1 Å². The average Bonchev–Trinajstić information content (AvgIpc) is 3.13. The molecule has 2 heterocycles. The van der Waals surface area contributed by atoms with Gasteiger partial charge in [0.2, 0.25) is 0 Å². The second-order valence-electron chi connectivity index (χ2n) is 8.75. The Balaban J connectivity index is 1.61. The van der Waals surface area contributed by atoms with E-state index in [0.717, 1.165) is 15.6 Å². The third-order valence-corrected chi connectivity index (χ3v) is 8.38. The maximum atomic E-state index is 13.8. The Kier molecular flexibility index (Phi) is 7.89. The molecule has 0 N–H and O–H groups in total. The normalized spacial score (nSPS) is 18.2. The number of hydrogen-bond donors (Lipinski definition) is 0. The lowest BCUT2D eigenvalue weighted by atomic mass is 9.99. The smallest absolute Gasteiger partial charge is 0.573 e. The van der Waals surface area contributed by atoms with Crippen molar-refractivity contribution < 1.29 is 35.5 Å². The lowest BCUT2D eigenvalue weighted by molar-refractivity contribution is -0.274. The molecule has 2 unspecified atom stereocenters. The van der Waals surface area contributed by atoms with Gasteiger partial charge in [0.15, 0.2) is 0 Å². The van der Waals surface area contributed by atoms with Crippen LogP contribution in [-0.4, -0.2) is 51.6 Å². The third kappa shape index (κ3) is 6.53. The first-order chi connectivity index (χ1) is 16.9. The van der Waals surface area contributed by atoms with Crippen molar-refractivity contribution in [3.05, 3.63) is 59.7 Å². The number of benzene rings is 2. The molecule has 1 aromatic heterocycles. The van der Waals surface area contributed by atoms with Crippen molar-refractivity contribution in [3.63, 3.8) is 0 Å². The maximum Gasteiger partial charge on any atom is 0.573 e. The number of likely N-dealkylation sites (tertiary alicyclic amines) is 1. The van der Waals surface area contributed by atoms with E-state index in [-0.39, 0.29) is 44.6 Å². The van der Waals surface area contributed by atoms with E-state index in [0.29, 0.717) is 10.6 Å². The molecule has 0 saturated carbocycles. The van der Waals surface area contributed by atoms with Crippen LogP contribution < -0.4 is 9.04 Å². The van der Waals surface area contributed by atoms with Crippen LogP contribution in [0.5, 0.6) is 5.75 Å². The first-order valence-electron chi connectivity index (χ1n) is 11.2. The van der Waals surface area contributed by atoms with Gasteiger partial charge >= 0.3 is 6.36 Å². The highest BCUT2D eigenvalue weighted by Gasteiger charge is 2.37. The lowest BCUT2D eigenvalue weighted by Gasteiger charge is -2.40. The predicted octanol–water partition coefficient (Wildman–Crippen LogP) is 6.05. The zero-order valence-corrected chi connectivity index (χ0v) is 20.9. The third-order valence-electron chi connectivity index (χ3n) is 6.28. The summed E-state index contributed by atoms with van der Waals surface area (Å²) in [6, 6.07) is 12.4. The van der Waals surface area contributed by atoms with Crippen LogP contribution in [-0.2, 0) is 17.7 Å². The number of aryl methyl sites for hydroxylation is 1. The van der Waals surface area contributed by atoms with Crippen LogP contribution in [0.25, 0.3) is 10.1 Å². The summed E-state index contributed by atoms with van der Waals surface area (Å²) in [6.07, 6.45) is -5.24. The SMILES string of the molecule is Cc1c(N(CC(Cc2ccc(OC(F)(F)F)cc2)N2CCC(F)(F)CC2)S(=O)[O-])sc2ccccc12. The molecule has 2 atom stereocenters. The quantitative estimate of drug-likeness (QED) is 0.255. The summed E-state index contributed by atoms with van der Waals surface area (Å²) >= 11 is -1.30. The first kappa shape index (κ1) is 26.8. The van der Waals surface area contributed by atoms with E-state index in [2.05, 4.69) is 4.74 Å². The Morgan fingerprint density at radius 2 is 1.78 bits per heavy atom. The molecule has 4 rings (SSSR count). The average molecular weight is 548 g/mol. The number of alkyl halides is 5. The Labute approximate surface area is 211 Å². The van der Waals surface area contributed by atoms with Crippen molar-refractivity contribution in [2.45, 2.75) is 44.5 Å². The van der Waals surface area contributed by atoms with Crippen LogP contribution in [0.3, 0.4) is 0 Å². The number of hydrogen-bond acceptors (Lipinski definition) is 5. The monoisotopic (exact) mass is 547 g/mol. The number of thiophene rings is 1. The van der Waals surface area contributed by atoms with Gasteiger partial charge in [0.25, 0.3) is 5.92 Å². The molecule has 2 aromatic carbocycles. The highest BCUT2D eigenvalue weighted by atomic mass is 32.2. The van der Waals surface area contributed by atoms with Crippen molar-refractivity contribution in [3.8, 4) is 5.75 Å². The minimum absolute atomic E-state index is 0.0101. The van der Waals surface area contributed by atoms with Gasteiger partial charge in [0, 0.05) is 54.5 Å². The van der Waals surface area contributed by atoms with Crippen molar-refractivity contribution >= 4 is 37.7 Å². The van der Waals surface area contributed by atoms with Crippen LogP contribution in [0.4, 0.5) is 27.0 Å². The molecule has 0 amide bonds. The maximum absolute atomic E-state index is 13.8. The van der Waals surface area contributed by atoms with Gasteiger partial charge in [-0.25, -0.2) is 8.78 Å². The molecule has 0 spiro atoms. The number of nitrogens with zero attached hydrogens (tertiary/aromatic N) is 2. The van der Waals surface area contributed by atoms with Gasteiger partial charge in [0.05, 0.1) is 0 Å². The molecular weight excluding hydrogens is 523 g/mol. The number of rotatable bonds is 8. The van der Waals surface area contributed by atoms with Gasteiger partial charge in [-0.3, -0.25) is 13.4 Å². The van der Waals surface area contributed by atoms with E-state index >= 15 is 0 Å². The molecule has 5 nitrogen and oxygen atoms in total. The summed E-state index contributed by atoms with van der Waals surface area (Å²) in [7, 11) is 0. The molecule has 1 aliphatic heterocycles. The molecule has 196 valence electrons. The van der Waals surface area contributed by atoms with Crippen molar-refractivity contribution in [2.75, 3.05) is 23.9 Å². The van der Waals surface area contributed by atoms with E-state index < -0.39 is 29.6 Å². The van der Waals surface area contributed by atoms with Crippen LogP contribution in [0.2, 0.25) is 0 Å². The van der Waals surface area contributed by atoms with E-state index in [1.807, 2.05) is 36.1 Å². The van der Waals surface area contributed by atoms with E-state index in [9.17, 15) is 30.7 Å². The Hall–Kier alpha value is -2.28. The fourth-order valence-electron chi connectivity index (χ4n) is 4.43. The molecule has 12 heteroatoms. The summed E-state index contributed by atoms with van der Waals surface area (Å²) in [5, 5.41) is 1.48. The first-order valence-corrected chi connectivity index (χ1v) is 13.1. The highest BCUT2D eigenvalue weighted by Crippen LogP contribution is 2.39. The minimum Gasteiger partial charge on any atom is -0.755 e. The Bertz CT molecular complexity index is 1210. The number of fused-ring (bicyclic) bond motifs is 1. The van der Waals surface area contributed by atoms with Crippen LogP contribution in [0, 0.1) is 6.92 Å². The molecule has 0 radical (unpaired) electrons. The van der Waals surface area contributed by atoms with Crippen molar-refractivity contribution in [2.24, 2.45) is 0 Å². The van der Waals surface area contributed by atoms with Crippen LogP contribution in [0.1, 0.15) is 24.0 Å². The van der Waals surface area contributed by atoms with Crippen LogP contribution in [0.15, 0.2) is 48.5 Å².